The van der Waals surface area contributed by atoms with E-state index >= 15 is 0 Å². The van der Waals surface area contributed by atoms with Crippen molar-refractivity contribution in [3.8, 4) is 0 Å². The molecule has 2 rings (SSSR count). The third kappa shape index (κ3) is 5.64. The third-order valence-corrected chi connectivity index (χ3v) is 4.51. The molecule has 0 aromatic heterocycles. The molecule has 2 amide bonds. The number of hydrogen-bond acceptors (Lipinski definition) is 2. The zero-order valence-corrected chi connectivity index (χ0v) is 16.2. The molecule has 0 saturated heterocycles. The zero-order valence-electron chi connectivity index (χ0n) is 16.2. The van der Waals surface area contributed by atoms with Crippen LogP contribution in [-0.4, -0.2) is 29.3 Å². The van der Waals surface area contributed by atoms with Crippen LogP contribution in [0.1, 0.15) is 37.0 Å². The van der Waals surface area contributed by atoms with Gasteiger partial charge in [0.1, 0.15) is 11.9 Å². The number of nitrogens with one attached hydrogen (secondary N) is 1. The first kappa shape index (κ1) is 20.6. The molecule has 0 aliphatic heterocycles. The second-order valence-corrected chi connectivity index (χ2v) is 6.59. The summed E-state index contributed by atoms with van der Waals surface area (Å²) in [5, 5.41) is 2.80. The molecule has 0 bridgehead atoms. The van der Waals surface area contributed by atoms with Crippen LogP contribution in [-0.2, 0) is 22.6 Å². The number of carbonyl (C=O) groups is 2. The van der Waals surface area contributed by atoms with Crippen molar-refractivity contribution in [1.29, 1.82) is 0 Å². The highest BCUT2D eigenvalue weighted by Gasteiger charge is 2.28. The molecular weight excluding hydrogens is 343 g/mol. The average Bonchev–Trinajstić information content (AvgIpc) is 2.65. The lowest BCUT2D eigenvalue weighted by Crippen LogP contribution is -2.49. The monoisotopic (exact) mass is 370 g/mol. The van der Waals surface area contributed by atoms with E-state index in [9.17, 15) is 14.0 Å². The lowest BCUT2D eigenvalue weighted by molar-refractivity contribution is -0.140. The van der Waals surface area contributed by atoms with E-state index in [1.165, 1.54) is 6.07 Å². The van der Waals surface area contributed by atoms with Gasteiger partial charge in [0.05, 0.1) is 6.42 Å². The molecule has 1 atom stereocenters. The summed E-state index contributed by atoms with van der Waals surface area (Å²) in [7, 11) is 0. The first-order valence-electron chi connectivity index (χ1n) is 9.32. The SMILES string of the molecule is CCNC(=O)C(CC)N(Cc1ccc(C)cc1)C(=O)Cc1ccccc1F. The fraction of sp³-hybridized carbons (Fsp3) is 0.364. The van der Waals surface area contributed by atoms with Crippen LogP contribution in [0.4, 0.5) is 4.39 Å². The van der Waals surface area contributed by atoms with Crippen molar-refractivity contribution < 1.29 is 14.0 Å². The molecule has 2 aromatic carbocycles. The average molecular weight is 370 g/mol. The van der Waals surface area contributed by atoms with E-state index < -0.39 is 11.9 Å². The summed E-state index contributed by atoms with van der Waals surface area (Å²) in [4.78, 5) is 27.1. The minimum Gasteiger partial charge on any atom is -0.355 e. The first-order valence-corrected chi connectivity index (χ1v) is 9.32. The molecule has 4 nitrogen and oxygen atoms in total. The Hall–Kier alpha value is -2.69. The fourth-order valence-electron chi connectivity index (χ4n) is 3.01. The Morgan fingerprint density at radius 1 is 1.07 bits per heavy atom. The maximum absolute atomic E-state index is 14.0. The van der Waals surface area contributed by atoms with Gasteiger partial charge in [-0.25, -0.2) is 4.39 Å². The lowest BCUT2D eigenvalue weighted by Gasteiger charge is -2.30. The summed E-state index contributed by atoms with van der Waals surface area (Å²) < 4.78 is 14.0. The summed E-state index contributed by atoms with van der Waals surface area (Å²) in [6, 6.07) is 13.5. The molecule has 144 valence electrons. The summed E-state index contributed by atoms with van der Waals surface area (Å²) in [5.41, 5.74) is 2.39. The van der Waals surface area contributed by atoms with Crippen LogP contribution in [0.3, 0.4) is 0 Å². The van der Waals surface area contributed by atoms with E-state index in [4.69, 9.17) is 0 Å². The molecule has 5 heteroatoms. The number of halogens is 1. The van der Waals surface area contributed by atoms with Gasteiger partial charge in [0.15, 0.2) is 0 Å². The van der Waals surface area contributed by atoms with Gasteiger partial charge in [0.25, 0.3) is 0 Å². The molecule has 0 saturated carbocycles. The van der Waals surface area contributed by atoms with Crippen LogP contribution in [0.5, 0.6) is 0 Å². The van der Waals surface area contributed by atoms with Gasteiger partial charge in [-0.2, -0.15) is 0 Å². The molecule has 0 fully saturated rings. The van der Waals surface area contributed by atoms with Crippen molar-refractivity contribution >= 4 is 11.8 Å². The Bertz CT molecular complexity index is 774. The van der Waals surface area contributed by atoms with Crippen LogP contribution in [0.2, 0.25) is 0 Å². The van der Waals surface area contributed by atoms with E-state index in [1.54, 1.807) is 23.1 Å². The van der Waals surface area contributed by atoms with Gasteiger partial charge in [-0.05, 0) is 37.5 Å². The molecule has 0 heterocycles. The zero-order chi connectivity index (χ0) is 19.8. The highest BCUT2D eigenvalue weighted by Crippen LogP contribution is 2.16. The second kappa shape index (κ2) is 9.86. The normalized spacial score (nSPS) is 11.7. The molecule has 0 spiro atoms. The quantitative estimate of drug-likeness (QED) is 0.772. The molecule has 1 N–H and O–H groups in total. The Balaban J connectivity index is 2.29. The van der Waals surface area contributed by atoms with E-state index in [0.717, 1.165) is 11.1 Å². The highest BCUT2D eigenvalue weighted by atomic mass is 19.1. The maximum atomic E-state index is 14.0. The van der Waals surface area contributed by atoms with Gasteiger partial charge in [-0.15, -0.1) is 0 Å². The smallest absolute Gasteiger partial charge is 0.242 e. The summed E-state index contributed by atoms with van der Waals surface area (Å²) in [6.07, 6.45) is 0.412. The van der Waals surface area contributed by atoms with Crippen LogP contribution < -0.4 is 5.32 Å². The number of aryl methyl sites for hydroxylation is 1. The van der Waals surface area contributed by atoms with Crippen molar-refractivity contribution in [1.82, 2.24) is 10.2 Å². The minimum atomic E-state index is -0.592. The number of amides is 2. The van der Waals surface area contributed by atoms with Crippen LogP contribution in [0.15, 0.2) is 48.5 Å². The second-order valence-electron chi connectivity index (χ2n) is 6.59. The van der Waals surface area contributed by atoms with Gasteiger partial charge in [0.2, 0.25) is 11.8 Å². The Morgan fingerprint density at radius 3 is 2.33 bits per heavy atom. The first-order chi connectivity index (χ1) is 13.0. The van der Waals surface area contributed by atoms with E-state index in [-0.39, 0.29) is 18.2 Å². The van der Waals surface area contributed by atoms with Crippen molar-refractivity contribution in [3.63, 3.8) is 0 Å². The molecule has 2 aromatic rings. The van der Waals surface area contributed by atoms with Crippen molar-refractivity contribution in [2.75, 3.05) is 6.54 Å². The predicted octanol–water partition coefficient (Wildman–Crippen LogP) is 3.62. The minimum absolute atomic E-state index is 0.0750. The molecule has 1 unspecified atom stereocenters. The molecule has 0 aliphatic rings. The van der Waals surface area contributed by atoms with Crippen LogP contribution in [0, 0.1) is 12.7 Å². The highest BCUT2D eigenvalue weighted by molar-refractivity contribution is 5.88. The Kier molecular flexibility index (Phi) is 7.53. The summed E-state index contributed by atoms with van der Waals surface area (Å²) in [6.45, 7) is 6.52. The number of rotatable bonds is 8. The van der Waals surface area contributed by atoms with E-state index in [0.29, 0.717) is 25.1 Å². The molecule has 0 radical (unpaired) electrons. The number of hydrogen-bond donors (Lipinski definition) is 1. The summed E-state index contributed by atoms with van der Waals surface area (Å²) in [5.74, 6) is -0.861. The lowest BCUT2D eigenvalue weighted by atomic mass is 10.1. The largest absolute Gasteiger partial charge is 0.355 e. The molecular formula is C22H27FN2O2. The summed E-state index contributed by atoms with van der Waals surface area (Å²) >= 11 is 0. The fourth-order valence-corrected chi connectivity index (χ4v) is 3.01. The number of benzene rings is 2. The molecule has 27 heavy (non-hydrogen) atoms. The van der Waals surface area contributed by atoms with Gasteiger partial charge >= 0.3 is 0 Å². The Morgan fingerprint density at radius 2 is 1.74 bits per heavy atom. The number of likely N-dealkylation sites (N-methyl/N-ethyl adjacent to an activating group) is 1. The topological polar surface area (TPSA) is 49.4 Å². The number of carbonyl (C=O) groups excluding carboxylic acids is 2. The maximum Gasteiger partial charge on any atom is 0.242 e. The van der Waals surface area contributed by atoms with Gasteiger partial charge in [-0.3, -0.25) is 9.59 Å². The van der Waals surface area contributed by atoms with Gasteiger partial charge < -0.3 is 10.2 Å². The van der Waals surface area contributed by atoms with E-state index in [2.05, 4.69) is 5.32 Å². The number of nitrogens with zero attached hydrogens (tertiary/aromatic N) is 1. The van der Waals surface area contributed by atoms with Crippen molar-refractivity contribution in [2.45, 2.75) is 46.2 Å². The predicted molar refractivity (Wildman–Crippen MR) is 105 cm³/mol. The molecule has 0 aliphatic carbocycles. The standard InChI is InChI=1S/C22H27FN2O2/c1-4-20(22(27)24-5-2)25(15-17-12-10-16(3)11-13-17)21(26)14-18-8-6-7-9-19(18)23/h6-13,20H,4-5,14-15H2,1-3H3,(H,24,27). The van der Waals surface area contributed by atoms with Gasteiger partial charge in [0, 0.05) is 13.1 Å². The third-order valence-electron chi connectivity index (χ3n) is 4.51. The van der Waals surface area contributed by atoms with Crippen LogP contribution >= 0.6 is 0 Å². The van der Waals surface area contributed by atoms with E-state index in [1.807, 2.05) is 45.0 Å². The Labute approximate surface area is 160 Å². The van der Waals surface area contributed by atoms with Crippen LogP contribution in [0.25, 0.3) is 0 Å². The van der Waals surface area contributed by atoms with Crippen molar-refractivity contribution in [3.05, 3.63) is 71.0 Å². The van der Waals surface area contributed by atoms with Gasteiger partial charge in [-0.1, -0.05) is 55.0 Å². The van der Waals surface area contributed by atoms with Crippen molar-refractivity contribution in [2.24, 2.45) is 0 Å².